The predicted octanol–water partition coefficient (Wildman–Crippen LogP) is 2.82. The molecule has 0 aliphatic carbocycles. The van der Waals surface area contributed by atoms with Crippen LogP contribution in [0.2, 0.25) is 0 Å². The van der Waals surface area contributed by atoms with Crippen LogP contribution in [0, 0.1) is 0 Å². The average molecular weight is 302 g/mol. The Morgan fingerprint density at radius 2 is 2.24 bits per heavy atom. The van der Waals surface area contributed by atoms with E-state index in [2.05, 4.69) is 21.2 Å². The third-order valence-corrected chi connectivity index (χ3v) is 2.61. The fourth-order valence-corrected chi connectivity index (χ4v) is 1.66. The SMILES string of the molecule is CCOCCC(=O)Nc1cc(Br)ccc1OC. The molecule has 1 N–H and O–H groups in total. The molecule has 0 aliphatic heterocycles. The first-order valence-electron chi connectivity index (χ1n) is 5.38. The van der Waals surface area contributed by atoms with Crippen molar-refractivity contribution in [3.63, 3.8) is 0 Å². The van der Waals surface area contributed by atoms with Gasteiger partial charge in [0.1, 0.15) is 5.75 Å². The Labute approximate surface area is 109 Å². The number of carbonyl (C=O) groups excluding carboxylic acids is 1. The van der Waals surface area contributed by atoms with Gasteiger partial charge in [0.2, 0.25) is 5.91 Å². The third kappa shape index (κ3) is 4.75. The van der Waals surface area contributed by atoms with Crippen molar-refractivity contribution in [1.29, 1.82) is 0 Å². The molecule has 94 valence electrons. The van der Waals surface area contributed by atoms with Gasteiger partial charge in [-0.2, -0.15) is 0 Å². The fraction of sp³-hybridized carbons (Fsp3) is 0.417. The first-order chi connectivity index (χ1) is 8.17. The van der Waals surface area contributed by atoms with Gasteiger partial charge in [-0.25, -0.2) is 0 Å². The monoisotopic (exact) mass is 301 g/mol. The summed E-state index contributed by atoms with van der Waals surface area (Å²) in [6.45, 7) is 2.95. The first-order valence-corrected chi connectivity index (χ1v) is 6.17. The molecule has 0 unspecified atom stereocenters. The maximum atomic E-state index is 11.6. The number of hydrogen-bond donors (Lipinski definition) is 1. The number of halogens is 1. The molecular formula is C12H16BrNO3. The molecule has 1 amide bonds. The second-order valence-electron chi connectivity index (χ2n) is 3.34. The summed E-state index contributed by atoms with van der Waals surface area (Å²) in [5, 5.41) is 2.79. The lowest BCUT2D eigenvalue weighted by Gasteiger charge is -2.10. The Morgan fingerprint density at radius 3 is 2.88 bits per heavy atom. The van der Waals surface area contributed by atoms with E-state index in [9.17, 15) is 4.79 Å². The molecule has 0 aromatic heterocycles. The zero-order valence-corrected chi connectivity index (χ0v) is 11.5. The zero-order chi connectivity index (χ0) is 12.7. The molecule has 0 heterocycles. The minimum atomic E-state index is -0.0881. The molecule has 0 saturated carbocycles. The summed E-state index contributed by atoms with van der Waals surface area (Å²) in [7, 11) is 1.57. The van der Waals surface area contributed by atoms with Crippen molar-refractivity contribution in [3.05, 3.63) is 22.7 Å². The van der Waals surface area contributed by atoms with Gasteiger partial charge < -0.3 is 14.8 Å². The number of hydrogen-bond acceptors (Lipinski definition) is 3. The Kier molecular flexibility index (Phi) is 6.00. The summed E-state index contributed by atoms with van der Waals surface area (Å²) in [6, 6.07) is 5.45. The molecule has 1 rings (SSSR count). The molecule has 0 saturated heterocycles. The quantitative estimate of drug-likeness (QED) is 0.822. The number of ether oxygens (including phenoxy) is 2. The van der Waals surface area contributed by atoms with E-state index in [1.807, 2.05) is 13.0 Å². The van der Waals surface area contributed by atoms with Crippen LogP contribution in [0.4, 0.5) is 5.69 Å². The summed E-state index contributed by atoms with van der Waals surface area (Å²) >= 11 is 3.35. The summed E-state index contributed by atoms with van der Waals surface area (Å²) in [6.07, 6.45) is 0.337. The van der Waals surface area contributed by atoms with Gasteiger partial charge in [-0.1, -0.05) is 15.9 Å². The van der Waals surface area contributed by atoms with Gasteiger partial charge in [0.05, 0.1) is 25.8 Å². The highest BCUT2D eigenvalue weighted by Crippen LogP contribution is 2.27. The van der Waals surface area contributed by atoms with Gasteiger partial charge in [-0.15, -0.1) is 0 Å². The van der Waals surface area contributed by atoms with E-state index in [1.54, 1.807) is 19.2 Å². The topological polar surface area (TPSA) is 47.6 Å². The number of rotatable bonds is 6. The number of methoxy groups -OCH3 is 1. The van der Waals surface area contributed by atoms with Crippen LogP contribution < -0.4 is 10.1 Å². The Bertz CT molecular complexity index is 382. The largest absolute Gasteiger partial charge is 0.495 e. The van der Waals surface area contributed by atoms with Crippen LogP contribution in [0.5, 0.6) is 5.75 Å². The molecule has 17 heavy (non-hydrogen) atoms. The Balaban J connectivity index is 2.60. The lowest BCUT2D eigenvalue weighted by atomic mass is 10.3. The first kappa shape index (κ1) is 14.0. The van der Waals surface area contributed by atoms with E-state index >= 15 is 0 Å². The average Bonchev–Trinajstić information content (AvgIpc) is 2.29. The molecule has 0 spiro atoms. The summed E-state index contributed by atoms with van der Waals surface area (Å²) < 4.78 is 11.2. The van der Waals surface area contributed by atoms with Crippen LogP contribution >= 0.6 is 15.9 Å². The fourth-order valence-electron chi connectivity index (χ4n) is 1.30. The van der Waals surface area contributed by atoms with Crippen LogP contribution in [0.3, 0.4) is 0 Å². The molecule has 4 nitrogen and oxygen atoms in total. The van der Waals surface area contributed by atoms with Crippen LogP contribution in [0.15, 0.2) is 22.7 Å². The Hall–Kier alpha value is -1.07. The second kappa shape index (κ2) is 7.29. The molecule has 0 radical (unpaired) electrons. The summed E-state index contributed by atoms with van der Waals surface area (Å²) in [5.74, 6) is 0.549. The maximum absolute atomic E-state index is 11.6. The number of anilines is 1. The van der Waals surface area contributed by atoms with Crippen molar-refractivity contribution in [3.8, 4) is 5.75 Å². The molecule has 0 bridgehead atoms. The molecule has 0 atom stereocenters. The normalized spacial score (nSPS) is 10.1. The number of amides is 1. The van der Waals surface area contributed by atoms with Gasteiger partial charge in [0, 0.05) is 11.1 Å². The van der Waals surface area contributed by atoms with Crippen molar-refractivity contribution in [2.24, 2.45) is 0 Å². The number of benzene rings is 1. The van der Waals surface area contributed by atoms with E-state index in [4.69, 9.17) is 9.47 Å². The van der Waals surface area contributed by atoms with Gasteiger partial charge in [0.25, 0.3) is 0 Å². The van der Waals surface area contributed by atoms with Gasteiger partial charge in [-0.05, 0) is 25.1 Å². The van der Waals surface area contributed by atoms with Crippen molar-refractivity contribution in [2.45, 2.75) is 13.3 Å². The molecule has 0 fully saturated rings. The Morgan fingerprint density at radius 1 is 1.47 bits per heavy atom. The van der Waals surface area contributed by atoms with Gasteiger partial charge in [0.15, 0.2) is 0 Å². The molecule has 1 aromatic rings. The molecule has 0 aliphatic rings. The lowest BCUT2D eigenvalue weighted by molar-refractivity contribution is -0.117. The highest BCUT2D eigenvalue weighted by Gasteiger charge is 2.07. The van der Waals surface area contributed by atoms with Crippen LogP contribution in [-0.4, -0.2) is 26.2 Å². The van der Waals surface area contributed by atoms with Crippen LogP contribution in [0.1, 0.15) is 13.3 Å². The van der Waals surface area contributed by atoms with E-state index in [0.29, 0.717) is 31.1 Å². The highest BCUT2D eigenvalue weighted by atomic mass is 79.9. The van der Waals surface area contributed by atoms with Crippen LogP contribution in [0.25, 0.3) is 0 Å². The minimum absolute atomic E-state index is 0.0881. The van der Waals surface area contributed by atoms with Crippen molar-refractivity contribution >= 4 is 27.5 Å². The lowest BCUT2D eigenvalue weighted by Crippen LogP contribution is -2.14. The van der Waals surface area contributed by atoms with Crippen LogP contribution in [-0.2, 0) is 9.53 Å². The minimum Gasteiger partial charge on any atom is -0.495 e. The molecular weight excluding hydrogens is 286 g/mol. The predicted molar refractivity (Wildman–Crippen MR) is 70.4 cm³/mol. The molecule has 5 heteroatoms. The summed E-state index contributed by atoms with van der Waals surface area (Å²) in [5.41, 5.74) is 0.656. The van der Waals surface area contributed by atoms with Gasteiger partial charge in [-0.3, -0.25) is 4.79 Å². The highest BCUT2D eigenvalue weighted by molar-refractivity contribution is 9.10. The third-order valence-electron chi connectivity index (χ3n) is 2.11. The number of carbonyl (C=O) groups is 1. The van der Waals surface area contributed by atoms with Crippen molar-refractivity contribution in [1.82, 2.24) is 0 Å². The summed E-state index contributed by atoms with van der Waals surface area (Å²) in [4.78, 5) is 11.6. The van der Waals surface area contributed by atoms with Gasteiger partial charge >= 0.3 is 0 Å². The number of nitrogens with one attached hydrogen (secondary N) is 1. The standard InChI is InChI=1S/C12H16BrNO3/c1-3-17-7-6-12(15)14-10-8-9(13)4-5-11(10)16-2/h4-5,8H,3,6-7H2,1-2H3,(H,14,15). The van der Waals surface area contributed by atoms with Crippen molar-refractivity contribution < 1.29 is 14.3 Å². The van der Waals surface area contributed by atoms with Crippen molar-refractivity contribution in [2.75, 3.05) is 25.6 Å². The second-order valence-corrected chi connectivity index (χ2v) is 4.26. The maximum Gasteiger partial charge on any atom is 0.226 e. The van der Waals surface area contributed by atoms with E-state index in [1.165, 1.54) is 0 Å². The smallest absolute Gasteiger partial charge is 0.226 e. The molecule has 1 aromatic carbocycles. The van der Waals surface area contributed by atoms with E-state index in [-0.39, 0.29) is 5.91 Å². The zero-order valence-electron chi connectivity index (χ0n) is 9.96. The van der Waals surface area contributed by atoms with E-state index in [0.717, 1.165) is 4.47 Å². The van der Waals surface area contributed by atoms with E-state index < -0.39 is 0 Å².